The first kappa shape index (κ1) is 19.6. The Balaban J connectivity index is 1.48. The van der Waals surface area contributed by atoms with Crippen LogP contribution in [0.2, 0.25) is 0 Å². The summed E-state index contributed by atoms with van der Waals surface area (Å²) in [5.74, 6) is 0.817. The number of rotatable bonds is 5. The van der Waals surface area contributed by atoms with Gasteiger partial charge < -0.3 is 10.2 Å². The average Bonchev–Trinajstić information content (AvgIpc) is 3.27. The van der Waals surface area contributed by atoms with E-state index in [0.717, 1.165) is 0 Å². The molecule has 2 aromatic heterocycles. The third-order valence-corrected chi connectivity index (χ3v) is 5.40. The first-order valence-corrected chi connectivity index (χ1v) is 10.1. The number of nitrogens with zero attached hydrogens (tertiary/aromatic N) is 4. The maximum absolute atomic E-state index is 12.4. The van der Waals surface area contributed by atoms with Crippen LogP contribution in [0.5, 0.6) is 0 Å². The second-order valence-corrected chi connectivity index (χ2v) is 8.85. The summed E-state index contributed by atoms with van der Waals surface area (Å²) in [6, 6.07) is 5.87. The van der Waals surface area contributed by atoms with E-state index in [9.17, 15) is 9.59 Å². The largest absolute Gasteiger partial charge is 0.340 e. The molecule has 1 aliphatic heterocycles. The van der Waals surface area contributed by atoms with Crippen LogP contribution in [0.3, 0.4) is 0 Å². The summed E-state index contributed by atoms with van der Waals surface area (Å²) in [4.78, 5) is 30.0. The van der Waals surface area contributed by atoms with E-state index in [-0.39, 0.29) is 17.2 Å². The number of anilines is 1. The molecule has 0 radical (unpaired) electrons. The number of carbonyl (C=O) groups excluding carboxylic acids is 2. The molecule has 8 heteroatoms. The van der Waals surface area contributed by atoms with E-state index in [1.807, 2.05) is 43.2 Å². The first-order chi connectivity index (χ1) is 12.8. The summed E-state index contributed by atoms with van der Waals surface area (Å²) in [7, 11) is 0. The van der Waals surface area contributed by atoms with Gasteiger partial charge in [0.1, 0.15) is 5.82 Å². The van der Waals surface area contributed by atoms with E-state index in [4.69, 9.17) is 0 Å². The average molecular weight is 390 g/mol. The predicted molar refractivity (Wildman–Crippen MR) is 107 cm³/mol. The zero-order valence-corrected chi connectivity index (χ0v) is 17.0. The highest BCUT2D eigenvalue weighted by atomic mass is 32.1. The third kappa shape index (κ3) is 5.17. The van der Waals surface area contributed by atoms with E-state index in [1.165, 1.54) is 4.88 Å². The van der Waals surface area contributed by atoms with E-state index in [0.29, 0.717) is 45.1 Å². The molecule has 2 amide bonds. The molecule has 0 bridgehead atoms. The fourth-order valence-corrected chi connectivity index (χ4v) is 3.77. The topological polar surface area (TPSA) is 70.5 Å². The Kier molecular flexibility index (Phi) is 5.96. The number of thiophene rings is 1. The minimum Gasteiger partial charge on any atom is -0.340 e. The Hall–Kier alpha value is -2.19. The third-order valence-electron chi connectivity index (χ3n) is 4.54. The Bertz CT molecular complexity index is 770. The molecule has 0 unspecified atom stereocenters. The Morgan fingerprint density at radius 1 is 1.19 bits per heavy atom. The fraction of sp³-hybridized carbons (Fsp3) is 0.526. The number of hydrogen-bond donors (Lipinski definition) is 1. The summed E-state index contributed by atoms with van der Waals surface area (Å²) in [6.45, 7) is 9.54. The van der Waals surface area contributed by atoms with E-state index < -0.39 is 0 Å². The second kappa shape index (κ2) is 8.22. The lowest BCUT2D eigenvalue weighted by Crippen LogP contribution is -2.52. The van der Waals surface area contributed by atoms with Gasteiger partial charge in [-0.15, -0.1) is 11.3 Å². The monoisotopic (exact) mass is 389 g/mol. The van der Waals surface area contributed by atoms with Gasteiger partial charge in [-0.3, -0.25) is 14.5 Å². The molecule has 1 aliphatic rings. The van der Waals surface area contributed by atoms with E-state index >= 15 is 0 Å². The molecule has 1 N–H and O–H groups in total. The van der Waals surface area contributed by atoms with Gasteiger partial charge in [-0.25, -0.2) is 4.68 Å². The molecule has 3 rings (SSSR count). The molecule has 1 fully saturated rings. The highest BCUT2D eigenvalue weighted by molar-refractivity contribution is 7.09. The van der Waals surface area contributed by atoms with Crippen LogP contribution >= 0.6 is 11.3 Å². The highest BCUT2D eigenvalue weighted by Gasteiger charge is 2.30. The van der Waals surface area contributed by atoms with Crippen molar-refractivity contribution in [3.8, 4) is 0 Å². The van der Waals surface area contributed by atoms with Crippen LogP contribution < -0.4 is 5.32 Å². The van der Waals surface area contributed by atoms with Gasteiger partial charge in [-0.05, 0) is 11.4 Å². The smallest absolute Gasteiger partial charge is 0.239 e. The van der Waals surface area contributed by atoms with Gasteiger partial charge in [-0.2, -0.15) is 5.10 Å². The molecular weight excluding hydrogens is 362 g/mol. The van der Waals surface area contributed by atoms with Gasteiger partial charge in [-0.1, -0.05) is 26.8 Å². The maximum atomic E-state index is 12.4. The SMILES string of the molecule is CC(C)(C)C(=O)N1CCN(CC(=O)Nc2ccnn2Cc2cccs2)CC1. The van der Waals surface area contributed by atoms with Crippen molar-refractivity contribution in [3.05, 3.63) is 34.7 Å². The minimum atomic E-state index is -0.361. The van der Waals surface area contributed by atoms with E-state index in [1.54, 1.807) is 22.2 Å². The van der Waals surface area contributed by atoms with Crippen LogP contribution in [-0.4, -0.2) is 64.1 Å². The van der Waals surface area contributed by atoms with Crippen molar-refractivity contribution in [1.29, 1.82) is 0 Å². The molecule has 0 aromatic carbocycles. The van der Waals surface area contributed by atoms with Crippen LogP contribution in [0.4, 0.5) is 5.82 Å². The minimum absolute atomic E-state index is 0.0569. The number of nitrogens with one attached hydrogen (secondary N) is 1. The van der Waals surface area contributed by atoms with Crippen molar-refractivity contribution < 1.29 is 9.59 Å². The van der Waals surface area contributed by atoms with Crippen molar-refractivity contribution in [2.45, 2.75) is 27.3 Å². The standard InChI is InChI=1S/C19H27N5O2S/c1-19(2,3)18(26)23-10-8-22(9-11-23)14-17(25)21-16-6-7-20-24(16)13-15-5-4-12-27-15/h4-7,12H,8-11,13-14H2,1-3H3,(H,21,25). The normalized spacial score (nSPS) is 15.7. The molecule has 2 aromatic rings. The number of piperazine rings is 1. The van der Waals surface area contributed by atoms with Crippen molar-refractivity contribution in [2.24, 2.45) is 5.41 Å². The molecule has 0 atom stereocenters. The lowest BCUT2D eigenvalue weighted by molar-refractivity contribution is -0.141. The lowest BCUT2D eigenvalue weighted by atomic mass is 9.94. The van der Waals surface area contributed by atoms with Gasteiger partial charge >= 0.3 is 0 Å². The van der Waals surface area contributed by atoms with Crippen LogP contribution in [-0.2, 0) is 16.1 Å². The molecule has 1 saturated heterocycles. The number of aromatic nitrogens is 2. The first-order valence-electron chi connectivity index (χ1n) is 9.19. The zero-order valence-electron chi connectivity index (χ0n) is 16.1. The molecule has 7 nitrogen and oxygen atoms in total. The lowest BCUT2D eigenvalue weighted by Gasteiger charge is -2.37. The van der Waals surface area contributed by atoms with Crippen molar-refractivity contribution in [3.63, 3.8) is 0 Å². The molecule has 146 valence electrons. The van der Waals surface area contributed by atoms with Crippen LogP contribution in [0, 0.1) is 5.41 Å². The molecule has 0 saturated carbocycles. The molecule has 0 spiro atoms. The number of carbonyl (C=O) groups is 2. The number of amides is 2. The van der Waals surface area contributed by atoms with Crippen LogP contribution in [0.15, 0.2) is 29.8 Å². The van der Waals surface area contributed by atoms with Crippen molar-refractivity contribution in [1.82, 2.24) is 19.6 Å². The van der Waals surface area contributed by atoms with Crippen LogP contribution in [0.25, 0.3) is 0 Å². The summed E-state index contributed by atoms with van der Waals surface area (Å²) >= 11 is 1.67. The summed E-state index contributed by atoms with van der Waals surface area (Å²) in [5.41, 5.74) is -0.361. The van der Waals surface area contributed by atoms with Crippen molar-refractivity contribution in [2.75, 3.05) is 38.0 Å². The second-order valence-electron chi connectivity index (χ2n) is 7.82. The Morgan fingerprint density at radius 3 is 2.56 bits per heavy atom. The quantitative estimate of drug-likeness (QED) is 0.850. The fourth-order valence-electron chi connectivity index (χ4n) is 3.08. The van der Waals surface area contributed by atoms with Gasteiger partial charge in [0.15, 0.2) is 0 Å². The molecule has 3 heterocycles. The summed E-state index contributed by atoms with van der Waals surface area (Å²) < 4.78 is 1.80. The van der Waals surface area contributed by atoms with E-state index in [2.05, 4.69) is 21.4 Å². The van der Waals surface area contributed by atoms with Gasteiger partial charge in [0.25, 0.3) is 0 Å². The van der Waals surface area contributed by atoms with Gasteiger partial charge in [0, 0.05) is 42.5 Å². The molecule has 27 heavy (non-hydrogen) atoms. The predicted octanol–water partition coefficient (Wildman–Crippen LogP) is 2.12. The Labute approximate surface area is 164 Å². The number of hydrogen-bond acceptors (Lipinski definition) is 5. The molecule has 0 aliphatic carbocycles. The van der Waals surface area contributed by atoms with Crippen LogP contribution in [0.1, 0.15) is 25.6 Å². The zero-order chi connectivity index (χ0) is 19.4. The summed E-state index contributed by atoms with van der Waals surface area (Å²) in [6.07, 6.45) is 1.69. The highest BCUT2D eigenvalue weighted by Crippen LogP contribution is 2.19. The van der Waals surface area contributed by atoms with Gasteiger partial charge in [0.05, 0.1) is 19.3 Å². The van der Waals surface area contributed by atoms with Gasteiger partial charge in [0.2, 0.25) is 11.8 Å². The summed E-state index contributed by atoms with van der Waals surface area (Å²) in [5, 5.41) is 9.28. The maximum Gasteiger partial charge on any atom is 0.239 e. The molecular formula is C19H27N5O2S. The van der Waals surface area contributed by atoms with Crippen molar-refractivity contribution >= 4 is 29.0 Å². The Morgan fingerprint density at radius 2 is 1.93 bits per heavy atom.